The van der Waals surface area contributed by atoms with Gasteiger partial charge in [-0.25, -0.2) is 0 Å². The minimum Gasteiger partial charge on any atom is -0.368 e. The Labute approximate surface area is 96.3 Å². The van der Waals surface area contributed by atoms with Crippen LogP contribution < -0.4 is 4.90 Å². The van der Waals surface area contributed by atoms with Crippen LogP contribution >= 0.6 is 11.6 Å². The average Bonchev–Trinajstić information content (AvgIpc) is 3.10. The Hall–Kier alpha value is -0.760. The summed E-state index contributed by atoms with van der Waals surface area (Å²) in [5.74, 6) is 0.498. The van der Waals surface area contributed by atoms with E-state index in [-0.39, 0.29) is 0 Å². The summed E-state index contributed by atoms with van der Waals surface area (Å²) in [6.45, 7) is 3.36. The topological polar surface area (TPSA) is 16.1 Å². The van der Waals surface area contributed by atoms with Gasteiger partial charge in [-0.1, -0.05) is 6.92 Å². The first-order valence-corrected chi connectivity index (χ1v) is 6.16. The third-order valence-corrected chi connectivity index (χ3v) is 2.99. The van der Waals surface area contributed by atoms with Crippen LogP contribution in [0.1, 0.15) is 31.9 Å². The van der Waals surface area contributed by atoms with Crippen molar-refractivity contribution >= 4 is 17.3 Å². The highest BCUT2D eigenvalue weighted by atomic mass is 35.5. The van der Waals surface area contributed by atoms with Crippen LogP contribution in [0, 0.1) is 0 Å². The van der Waals surface area contributed by atoms with Crippen molar-refractivity contribution in [3.63, 3.8) is 0 Å². The molecule has 0 aromatic carbocycles. The number of hydrogen-bond donors (Lipinski definition) is 0. The highest BCUT2D eigenvalue weighted by Crippen LogP contribution is 2.31. The number of alkyl halides is 1. The quantitative estimate of drug-likeness (QED) is 0.715. The molecule has 0 aliphatic heterocycles. The number of halogens is 1. The van der Waals surface area contributed by atoms with E-state index in [4.69, 9.17) is 11.6 Å². The van der Waals surface area contributed by atoms with E-state index in [1.165, 1.54) is 24.9 Å². The molecular formula is C12H17ClN2. The van der Waals surface area contributed by atoms with Gasteiger partial charge in [0.1, 0.15) is 0 Å². The second kappa shape index (κ2) is 4.84. The maximum absolute atomic E-state index is 5.79. The van der Waals surface area contributed by atoms with Crippen molar-refractivity contribution in [3.05, 3.63) is 24.0 Å². The van der Waals surface area contributed by atoms with Crippen LogP contribution in [0.3, 0.4) is 0 Å². The van der Waals surface area contributed by atoms with Gasteiger partial charge in [-0.3, -0.25) is 4.98 Å². The molecule has 0 saturated heterocycles. The van der Waals surface area contributed by atoms with Crippen LogP contribution in [0.4, 0.5) is 5.69 Å². The summed E-state index contributed by atoms with van der Waals surface area (Å²) < 4.78 is 0. The molecule has 15 heavy (non-hydrogen) atoms. The van der Waals surface area contributed by atoms with Crippen molar-refractivity contribution in [1.29, 1.82) is 0 Å². The van der Waals surface area contributed by atoms with Crippen LogP contribution in [0.5, 0.6) is 0 Å². The van der Waals surface area contributed by atoms with Gasteiger partial charge in [0.25, 0.3) is 0 Å². The Morgan fingerprint density at radius 1 is 1.53 bits per heavy atom. The van der Waals surface area contributed by atoms with E-state index >= 15 is 0 Å². The van der Waals surface area contributed by atoms with Gasteiger partial charge in [0.05, 0.1) is 11.6 Å². The molecule has 0 amide bonds. The molecule has 3 heteroatoms. The summed E-state index contributed by atoms with van der Waals surface area (Å²) in [5, 5.41) is 0. The molecule has 1 aromatic heterocycles. The molecular weight excluding hydrogens is 208 g/mol. The number of rotatable bonds is 5. The summed E-state index contributed by atoms with van der Waals surface area (Å²) >= 11 is 5.79. The lowest BCUT2D eigenvalue weighted by molar-refractivity contribution is 0.761. The van der Waals surface area contributed by atoms with E-state index in [1.807, 2.05) is 6.20 Å². The Balaban J connectivity index is 2.16. The fourth-order valence-electron chi connectivity index (χ4n) is 1.87. The molecule has 1 fully saturated rings. The zero-order valence-electron chi connectivity index (χ0n) is 9.12. The van der Waals surface area contributed by atoms with Gasteiger partial charge >= 0.3 is 0 Å². The summed E-state index contributed by atoms with van der Waals surface area (Å²) in [7, 11) is 0. The standard InChI is InChI=1S/C12H17ClN2/c1-2-7-15(11-3-4-11)12-5-6-14-10(8-12)9-13/h5-6,8,11H,2-4,7,9H2,1H3. The summed E-state index contributed by atoms with van der Waals surface area (Å²) in [4.78, 5) is 6.71. The first-order valence-electron chi connectivity index (χ1n) is 5.62. The first kappa shape index (κ1) is 10.7. The van der Waals surface area contributed by atoms with Crippen LogP contribution in [0.25, 0.3) is 0 Å². The van der Waals surface area contributed by atoms with Crippen molar-refractivity contribution < 1.29 is 0 Å². The van der Waals surface area contributed by atoms with Gasteiger partial charge in [0.2, 0.25) is 0 Å². The highest BCUT2D eigenvalue weighted by Gasteiger charge is 2.28. The molecule has 82 valence electrons. The summed E-state index contributed by atoms with van der Waals surface area (Å²) in [5.41, 5.74) is 2.25. The van der Waals surface area contributed by atoms with Gasteiger partial charge in [-0.2, -0.15) is 0 Å². The SMILES string of the molecule is CCCN(c1ccnc(CCl)c1)C1CC1. The molecule has 0 N–H and O–H groups in total. The third-order valence-electron chi connectivity index (χ3n) is 2.72. The van der Waals surface area contributed by atoms with Crippen LogP contribution in [-0.2, 0) is 5.88 Å². The summed E-state index contributed by atoms with van der Waals surface area (Å²) in [6, 6.07) is 4.96. The Bertz CT molecular complexity index is 323. The lowest BCUT2D eigenvalue weighted by atomic mass is 10.2. The second-order valence-corrected chi connectivity index (χ2v) is 4.33. The molecule has 2 rings (SSSR count). The smallest absolute Gasteiger partial charge is 0.0648 e. The van der Waals surface area contributed by atoms with Crippen molar-refractivity contribution in [1.82, 2.24) is 4.98 Å². The van der Waals surface area contributed by atoms with Crippen LogP contribution in [0.2, 0.25) is 0 Å². The van der Waals surface area contributed by atoms with E-state index in [9.17, 15) is 0 Å². The van der Waals surface area contributed by atoms with Gasteiger partial charge in [-0.15, -0.1) is 11.6 Å². The molecule has 1 saturated carbocycles. The second-order valence-electron chi connectivity index (χ2n) is 4.06. The first-order chi connectivity index (χ1) is 7.35. The maximum Gasteiger partial charge on any atom is 0.0648 e. The van der Waals surface area contributed by atoms with E-state index in [1.54, 1.807) is 0 Å². The van der Waals surface area contributed by atoms with Crippen molar-refractivity contribution in [2.24, 2.45) is 0 Å². The number of anilines is 1. The summed E-state index contributed by atoms with van der Waals surface area (Å²) in [6.07, 6.45) is 5.71. The Kier molecular flexibility index (Phi) is 3.47. The van der Waals surface area contributed by atoms with Crippen molar-refractivity contribution in [2.75, 3.05) is 11.4 Å². The molecule has 1 aliphatic rings. The number of pyridine rings is 1. The minimum atomic E-state index is 0.498. The molecule has 0 radical (unpaired) electrons. The lowest BCUT2D eigenvalue weighted by Gasteiger charge is -2.24. The normalized spacial score (nSPS) is 15.3. The maximum atomic E-state index is 5.79. The monoisotopic (exact) mass is 224 g/mol. The molecule has 0 atom stereocenters. The zero-order chi connectivity index (χ0) is 10.7. The van der Waals surface area contributed by atoms with E-state index in [2.05, 4.69) is 28.9 Å². The molecule has 0 bridgehead atoms. The predicted molar refractivity (Wildman–Crippen MR) is 64.5 cm³/mol. The predicted octanol–water partition coefficient (Wildman–Crippen LogP) is 3.20. The van der Waals surface area contributed by atoms with E-state index in [0.29, 0.717) is 5.88 Å². The zero-order valence-corrected chi connectivity index (χ0v) is 9.87. The van der Waals surface area contributed by atoms with Crippen molar-refractivity contribution in [2.45, 2.75) is 38.1 Å². The van der Waals surface area contributed by atoms with Crippen LogP contribution in [-0.4, -0.2) is 17.6 Å². The van der Waals surface area contributed by atoms with E-state index < -0.39 is 0 Å². The molecule has 1 aromatic rings. The lowest BCUT2D eigenvalue weighted by Crippen LogP contribution is -2.26. The highest BCUT2D eigenvalue weighted by molar-refractivity contribution is 6.16. The minimum absolute atomic E-state index is 0.498. The Morgan fingerprint density at radius 3 is 2.93 bits per heavy atom. The fraction of sp³-hybridized carbons (Fsp3) is 0.583. The molecule has 0 spiro atoms. The molecule has 2 nitrogen and oxygen atoms in total. The largest absolute Gasteiger partial charge is 0.368 e. The molecule has 1 aliphatic carbocycles. The molecule has 1 heterocycles. The molecule has 0 unspecified atom stereocenters. The Morgan fingerprint density at radius 2 is 2.33 bits per heavy atom. The van der Waals surface area contributed by atoms with Crippen LogP contribution in [0.15, 0.2) is 18.3 Å². The van der Waals surface area contributed by atoms with Gasteiger partial charge in [-0.05, 0) is 31.4 Å². The van der Waals surface area contributed by atoms with Gasteiger partial charge in [0.15, 0.2) is 0 Å². The van der Waals surface area contributed by atoms with Gasteiger partial charge < -0.3 is 4.90 Å². The third kappa shape index (κ3) is 2.63. The van der Waals surface area contributed by atoms with E-state index in [0.717, 1.165) is 18.3 Å². The number of nitrogens with zero attached hydrogens (tertiary/aromatic N) is 2. The van der Waals surface area contributed by atoms with Crippen molar-refractivity contribution in [3.8, 4) is 0 Å². The number of aromatic nitrogens is 1. The van der Waals surface area contributed by atoms with Gasteiger partial charge in [0, 0.05) is 24.5 Å². The number of hydrogen-bond acceptors (Lipinski definition) is 2. The fourth-order valence-corrected chi connectivity index (χ4v) is 2.01. The average molecular weight is 225 g/mol.